The largest absolute Gasteiger partial charge is 0.416 e. The molecular formula is C10H13F3N2OS. The molecule has 0 aliphatic heterocycles. The summed E-state index contributed by atoms with van der Waals surface area (Å²) in [5.41, 5.74) is -0.766. The predicted molar refractivity (Wildman–Crippen MR) is 59.9 cm³/mol. The molecule has 0 bridgehead atoms. The van der Waals surface area contributed by atoms with Crippen molar-refractivity contribution < 1.29 is 17.4 Å². The van der Waals surface area contributed by atoms with Crippen molar-refractivity contribution in [2.24, 2.45) is 4.36 Å². The van der Waals surface area contributed by atoms with Crippen LogP contribution in [-0.4, -0.2) is 29.7 Å². The Morgan fingerprint density at radius 1 is 1.18 bits per heavy atom. The summed E-state index contributed by atoms with van der Waals surface area (Å²) in [5.74, 6) is 0. The number of halogens is 3. The van der Waals surface area contributed by atoms with Gasteiger partial charge in [0.2, 0.25) is 0 Å². The predicted octanol–water partition coefficient (Wildman–Crippen LogP) is 2.64. The lowest BCUT2D eigenvalue weighted by Gasteiger charge is -2.17. The maximum atomic E-state index is 12.4. The SMILES string of the molecule is CN=S(=O)(c1ccc(C(F)(F)F)cc1)N(C)C. The van der Waals surface area contributed by atoms with Gasteiger partial charge in [0.05, 0.1) is 10.5 Å². The summed E-state index contributed by atoms with van der Waals surface area (Å²) >= 11 is 0. The van der Waals surface area contributed by atoms with E-state index in [4.69, 9.17) is 0 Å². The van der Waals surface area contributed by atoms with Crippen LogP contribution in [-0.2, 0) is 16.1 Å². The zero-order valence-corrected chi connectivity index (χ0v) is 10.5. The molecule has 1 aromatic rings. The lowest BCUT2D eigenvalue weighted by molar-refractivity contribution is -0.137. The van der Waals surface area contributed by atoms with Gasteiger partial charge in [0, 0.05) is 21.1 Å². The standard InChI is InChI=1S/C10H13F3N2OS/c1-14-17(16,15(2)3)9-6-4-8(5-7-9)10(11,12)13/h4-7H,1-3H3. The maximum Gasteiger partial charge on any atom is 0.416 e. The van der Waals surface area contributed by atoms with Gasteiger partial charge >= 0.3 is 6.18 Å². The zero-order valence-electron chi connectivity index (χ0n) is 9.65. The second kappa shape index (κ2) is 4.66. The molecule has 0 radical (unpaired) electrons. The van der Waals surface area contributed by atoms with Gasteiger partial charge < -0.3 is 0 Å². The highest BCUT2D eigenvalue weighted by Gasteiger charge is 2.30. The second-order valence-corrected chi connectivity index (χ2v) is 6.07. The van der Waals surface area contributed by atoms with E-state index in [0.717, 1.165) is 12.1 Å². The van der Waals surface area contributed by atoms with Crippen molar-refractivity contribution in [2.45, 2.75) is 11.1 Å². The van der Waals surface area contributed by atoms with E-state index < -0.39 is 21.7 Å². The molecule has 0 heterocycles. The van der Waals surface area contributed by atoms with Gasteiger partial charge in [-0.25, -0.2) is 12.9 Å². The molecule has 0 saturated carbocycles. The minimum Gasteiger partial charge on any atom is -0.228 e. The monoisotopic (exact) mass is 266 g/mol. The molecule has 3 nitrogen and oxygen atoms in total. The average molecular weight is 266 g/mol. The fraction of sp³-hybridized carbons (Fsp3) is 0.400. The van der Waals surface area contributed by atoms with Gasteiger partial charge in [-0.15, -0.1) is 0 Å². The molecule has 0 aliphatic carbocycles. The van der Waals surface area contributed by atoms with E-state index in [1.807, 2.05) is 0 Å². The van der Waals surface area contributed by atoms with E-state index in [1.165, 1.54) is 23.5 Å². The molecule has 7 heteroatoms. The van der Waals surface area contributed by atoms with Crippen LogP contribution in [0.1, 0.15) is 5.56 Å². The third kappa shape index (κ3) is 2.78. The molecule has 0 saturated heterocycles. The Balaban J connectivity index is 3.25. The third-order valence-corrected chi connectivity index (χ3v) is 4.60. The molecule has 1 aromatic carbocycles. The number of hydrogen-bond acceptors (Lipinski definition) is 2. The topological polar surface area (TPSA) is 32.7 Å². The molecule has 0 spiro atoms. The minimum atomic E-state index is -4.39. The molecule has 0 aliphatic rings. The van der Waals surface area contributed by atoms with Crippen molar-refractivity contribution >= 4 is 9.92 Å². The molecule has 1 unspecified atom stereocenters. The quantitative estimate of drug-likeness (QED) is 0.810. The van der Waals surface area contributed by atoms with E-state index in [9.17, 15) is 17.4 Å². The summed E-state index contributed by atoms with van der Waals surface area (Å²) in [7, 11) is 1.71. The van der Waals surface area contributed by atoms with Crippen molar-refractivity contribution in [3.8, 4) is 0 Å². The zero-order chi connectivity index (χ0) is 13.3. The average Bonchev–Trinajstić information content (AvgIpc) is 2.26. The van der Waals surface area contributed by atoms with Crippen LogP contribution in [0.25, 0.3) is 0 Å². The fourth-order valence-electron chi connectivity index (χ4n) is 1.30. The Morgan fingerprint density at radius 3 is 1.94 bits per heavy atom. The van der Waals surface area contributed by atoms with Crippen molar-refractivity contribution in [2.75, 3.05) is 21.1 Å². The van der Waals surface area contributed by atoms with Crippen molar-refractivity contribution in [1.82, 2.24) is 4.31 Å². The Kier molecular flexibility index (Phi) is 3.83. The molecule has 0 aromatic heterocycles. The molecule has 0 amide bonds. The van der Waals surface area contributed by atoms with Gasteiger partial charge in [0.25, 0.3) is 0 Å². The summed E-state index contributed by atoms with van der Waals surface area (Å²) in [6.45, 7) is 0. The molecule has 96 valence electrons. The molecule has 1 rings (SSSR count). The van der Waals surface area contributed by atoms with E-state index in [0.29, 0.717) is 0 Å². The van der Waals surface area contributed by atoms with Crippen LogP contribution in [0, 0.1) is 0 Å². The van der Waals surface area contributed by atoms with Gasteiger partial charge in [-0.1, -0.05) is 0 Å². The highest BCUT2D eigenvalue weighted by molar-refractivity contribution is 7.91. The van der Waals surface area contributed by atoms with Gasteiger partial charge in [-0.2, -0.15) is 13.2 Å². The van der Waals surface area contributed by atoms with Crippen LogP contribution in [0.3, 0.4) is 0 Å². The molecule has 1 atom stereocenters. The lowest BCUT2D eigenvalue weighted by Crippen LogP contribution is -2.22. The van der Waals surface area contributed by atoms with Gasteiger partial charge in [-0.05, 0) is 24.3 Å². The van der Waals surface area contributed by atoms with Gasteiger partial charge in [0.15, 0.2) is 0 Å². The van der Waals surface area contributed by atoms with Crippen LogP contribution in [0.2, 0.25) is 0 Å². The van der Waals surface area contributed by atoms with Crippen LogP contribution in [0.4, 0.5) is 13.2 Å². The first-order valence-corrected chi connectivity index (χ1v) is 6.19. The van der Waals surface area contributed by atoms with Crippen molar-refractivity contribution in [3.63, 3.8) is 0 Å². The molecule has 0 N–H and O–H groups in total. The number of hydrogen-bond donors (Lipinski definition) is 0. The van der Waals surface area contributed by atoms with E-state index in [2.05, 4.69) is 4.36 Å². The Bertz CT molecular complexity index is 499. The molecule has 0 fully saturated rings. The summed E-state index contributed by atoms with van der Waals surface area (Å²) in [6, 6.07) is 4.20. The first kappa shape index (κ1) is 14.0. The van der Waals surface area contributed by atoms with Crippen molar-refractivity contribution in [3.05, 3.63) is 29.8 Å². The van der Waals surface area contributed by atoms with Crippen LogP contribution >= 0.6 is 0 Å². The molecule has 17 heavy (non-hydrogen) atoms. The summed E-state index contributed by atoms with van der Waals surface area (Å²) in [6.07, 6.45) is -4.39. The highest BCUT2D eigenvalue weighted by Crippen LogP contribution is 2.30. The van der Waals surface area contributed by atoms with Crippen LogP contribution < -0.4 is 0 Å². The highest BCUT2D eigenvalue weighted by atomic mass is 32.2. The number of benzene rings is 1. The van der Waals surface area contributed by atoms with Crippen LogP contribution in [0.5, 0.6) is 0 Å². The van der Waals surface area contributed by atoms with E-state index in [1.54, 1.807) is 14.1 Å². The maximum absolute atomic E-state index is 12.4. The Hall–Kier alpha value is -1.08. The Morgan fingerprint density at radius 2 is 1.65 bits per heavy atom. The van der Waals surface area contributed by atoms with Gasteiger partial charge in [-0.3, -0.25) is 0 Å². The smallest absolute Gasteiger partial charge is 0.228 e. The number of rotatable bonds is 2. The number of alkyl halides is 3. The minimum absolute atomic E-state index is 0.262. The summed E-state index contributed by atoms with van der Waals surface area (Å²) < 4.78 is 54.5. The summed E-state index contributed by atoms with van der Waals surface area (Å²) in [4.78, 5) is 0.262. The number of nitrogens with zero attached hydrogens (tertiary/aromatic N) is 2. The summed E-state index contributed by atoms with van der Waals surface area (Å²) in [5, 5.41) is 0. The lowest BCUT2D eigenvalue weighted by atomic mass is 10.2. The van der Waals surface area contributed by atoms with Crippen LogP contribution in [0.15, 0.2) is 33.5 Å². The van der Waals surface area contributed by atoms with E-state index >= 15 is 0 Å². The second-order valence-electron chi connectivity index (χ2n) is 3.51. The third-order valence-electron chi connectivity index (χ3n) is 2.23. The van der Waals surface area contributed by atoms with Crippen molar-refractivity contribution in [1.29, 1.82) is 0 Å². The first-order valence-electron chi connectivity index (χ1n) is 4.72. The molecular weight excluding hydrogens is 253 g/mol. The van der Waals surface area contributed by atoms with E-state index in [-0.39, 0.29) is 4.90 Å². The normalized spacial score (nSPS) is 15.7. The Labute approximate surface area is 98.6 Å². The first-order chi connectivity index (χ1) is 7.71. The van der Waals surface area contributed by atoms with Gasteiger partial charge in [0.1, 0.15) is 9.92 Å². The fourth-order valence-corrected chi connectivity index (χ4v) is 2.75.